The second-order valence-electron chi connectivity index (χ2n) is 5.58. The summed E-state index contributed by atoms with van der Waals surface area (Å²) in [6.45, 7) is 1.97. The Kier molecular flexibility index (Phi) is 6.30. The number of carbonyl (C=O) groups excluding carboxylic acids is 1. The first-order valence-electron chi connectivity index (χ1n) is 8.03. The molecule has 0 saturated carbocycles. The van der Waals surface area contributed by atoms with E-state index >= 15 is 0 Å². The van der Waals surface area contributed by atoms with Gasteiger partial charge in [0.2, 0.25) is 5.89 Å². The van der Waals surface area contributed by atoms with Crippen molar-refractivity contribution in [2.45, 2.75) is 24.8 Å². The van der Waals surface area contributed by atoms with Gasteiger partial charge in [-0.3, -0.25) is 4.79 Å². The molecule has 3 rings (SSSR count). The molecule has 0 unspecified atom stereocenters. The van der Waals surface area contributed by atoms with Crippen LogP contribution in [-0.4, -0.2) is 21.9 Å². The highest BCUT2D eigenvalue weighted by molar-refractivity contribution is 7.99. The van der Waals surface area contributed by atoms with Crippen molar-refractivity contribution >= 4 is 29.3 Å². The Bertz CT molecular complexity index is 881. The summed E-state index contributed by atoms with van der Waals surface area (Å²) in [5, 5.41) is 8.60. The normalized spacial score (nSPS) is 10.7. The van der Waals surface area contributed by atoms with E-state index < -0.39 is 0 Å². The van der Waals surface area contributed by atoms with Gasteiger partial charge < -0.3 is 9.15 Å². The first-order valence-corrected chi connectivity index (χ1v) is 9.40. The number of hydrogen-bond acceptors (Lipinski definition) is 6. The molecule has 26 heavy (non-hydrogen) atoms. The Hall–Kier alpha value is -2.31. The molecular formula is C19H17ClN2O3S. The van der Waals surface area contributed by atoms with Crippen molar-refractivity contribution in [2.24, 2.45) is 0 Å². The summed E-state index contributed by atoms with van der Waals surface area (Å²) in [5.74, 6) is 1.01. The summed E-state index contributed by atoms with van der Waals surface area (Å²) in [7, 11) is 0. The molecule has 0 aliphatic heterocycles. The highest BCUT2D eigenvalue weighted by Gasteiger charge is 2.11. The quantitative estimate of drug-likeness (QED) is 0.422. The van der Waals surface area contributed by atoms with E-state index in [-0.39, 0.29) is 18.5 Å². The molecule has 1 aromatic heterocycles. The van der Waals surface area contributed by atoms with Gasteiger partial charge in [-0.15, -0.1) is 22.0 Å². The molecule has 0 atom stereocenters. The maximum absolute atomic E-state index is 11.8. The zero-order valence-electron chi connectivity index (χ0n) is 14.1. The van der Waals surface area contributed by atoms with Gasteiger partial charge in [0, 0.05) is 21.2 Å². The molecule has 0 bridgehead atoms. The lowest BCUT2D eigenvalue weighted by Crippen LogP contribution is -2.05. The molecule has 0 fully saturated rings. The largest absolute Gasteiger partial charge is 0.456 e. The van der Waals surface area contributed by atoms with Crippen LogP contribution in [0.4, 0.5) is 0 Å². The fourth-order valence-electron chi connectivity index (χ4n) is 2.20. The van der Waals surface area contributed by atoms with E-state index in [1.807, 2.05) is 55.5 Å². The average molecular weight is 389 g/mol. The Morgan fingerprint density at radius 2 is 2.00 bits per heavy atom. The number of ether oxygens (including phenoxy) is 1. The lowest BCUT2D eigenvalue weighted by molar-refractivity contribution is -0.145. The Morgan fingerprint density at radius 1 is 1.19 bits per heavy atom. The van der Waals surface area contributed by atoms with Gasteiger partial charge >= 0.3 is 5.97 Å². The van der Waals surface area contributed by atoms with Crippen LogP contribution in [0.3, 0.4) is 0 Å². The van der Waals surface area contributed by atoms with Gasteiger partial charge in [0.15, 0.2) is 6.61 Å². The molecule has 2 aromatic carbocycles. The van der Waals surface area contributed by atoms with E-state index in [0.29, 0.717) is 23.1 Å². The summed E-state index contributed by atoms with van der Waals surface area (Å²) in [6, 6.07) is 15.2. The lowest BCUT2D eigenvalue weighted by Gasteiger charge is -2.03. The number of nitrogens with zero attached hydrogens (tertiary/aromatic N) is 2. The van der Waals surface area contributed by atoms with Crippen molar-refractivity contribution in [3.63, 3.8) is 0 Å². The van der Waals surface area contributed by atoms with Crippen LogP contribution in [0.15, 0.2) is 57.8 Å². The highest BCUT2D eigenvalue weighted by Crippen LogP contribution is 2.21. The maximum Gasteiger partial charge on any atom is 0.307 e. The molecule has 0 amide bonds. The summed E-state index contributed by atoms with van der Waals surface area (Å²) >= 11 is 7.41. The van der Waals surface area contributed by atoms with Gasteiger partial charge in [0.25, 0.3) is 5.89 Å². The Morgan fingerprint density at radius 3 is 2.77 bits per heavy atom. The van der Waals surface area contributed by atoms with Crippen molar-refractivity contribution in [1.82, 2.24) is 10.2 Å². The number of esters is 1. The van der Waals surface area contributed by atoms with Crippen LogP contribution in [0.1, 0.15) is 17.9 Å². The van der Waals surface area contributed by atoms with Gasteiger partial charge in [-0.25, -0.2) is 0 Å². The third kappa shape index (κ3) is 5.34. The van der Waals surface area contributed by atoms with Gasteiger partial charge in [-0.2, -0.15) is 0 Å². The molecule has 0 radical (unpaired) electrons. The number of rotatable bonds is 7. The van der Waals surface area contributed by atoms with E-state index in [9.17, 15) is 4.79 Å². The molecule has 0 aliphatic rings. The minimum absolute atomic E-state index is 0.0245. The number of carbonyl (C=O) groups is 1. The van der Waals surface area contributed by atoms with Crippen molar-refractivity contribution in [3.05, 3.63) is 65.0 Å². The third-order valence-electron chi connectivity index (χ3n) is 3.48. The zero-order valence-corrected chi connectivity index (χ0v) is 15.7. The number of hydrogen-bond donors (Lipinski definition) is 0. The van der Waals surface area contributed by atoms with Crippen LogP contribution in [0.5, 0.6) is 0 Å². The first kappa shape index (κ1) is 18.5. The molecule has 7 heteroatoms. The molecule has 0 spiro atoms. The molecular weight excluding hydrogens is 372 g/mol. The van der Waals surface area contributed by atoms with E-state index in [0.717, 1.165) is 16.0 Å². The molecule has 1 heterocycles. The summed E-state index contributed by atoms with van der Waals surface area (Å²) in [4.78, 5) is 12.9. The smallest absolute Gasteiger partial charge is 0.307 e. The third-order valence-corrected chi connectivity index (χ3v) is 4.74. The van der Waals surface area contributed by atoms with Crippen LogP contribution >= 0.6 is 23.4 Å². The van der Waals surface area contributed by atoms with Crippen LogP contribution < -0.4 is 0 Å². The zero-order chi connectivity index (χ0) is 18.4. The maximum atomic E-state index is 11.8. The number of aromatic nitrogens is 2. The second-order valence-corrected chi connectivity index (χ2v) is 7.19. The van der Waals surface area contributed by atoms with E-state index in [1.54, 1.807) is 11.8 Å². The fraction of sp³-hybridized carbons (Fsp3) is 0.211. The highest BCUT2D eigenvalue weighted by atomic mass is 35.5. The standard InChI is InChI=1S/C19H17ClN2O3S/c1-13-3-2-4-14(11-13)19-22-21-17(25-19)12-24-18(23)9-10-26-16-7-5-15(20)6-8-16/h2-8,11H,9-10,12H2,1H3. The van der Waals surface area contributed by atoms with Gasteiger partial charge in [-0.1, -0.05) is 29.3 Å². The SMILES string of the molecule is Cc1cccc(-c2nnc(COC(=O)CCSc3ccc(Cl)cc3)o2)c1. The minimum Gasteiger partial charge on any atom is -0.456 e. The monoisotopic (exact) mass is 388 g/mol. The molecule has 3 aromatic rings. The molecule has 0 aliphatic carbocycles. The Balaban J connectivity index is 1.44. The van der Waals surface area contributed by atoms with Gasteiger partial charge in [0.1, 0.15) is 0 Å². The summed E-state index contributed by atoms with van der Waals surface area (Å²) < 4.78 is 10.7. The number of halogens is 1. The Labute approximate surface area is 160 Å². The number of benzene rings is 2. The number of aryl methyl sites for hydroxylation is 1. The second kappa shape index (κ2) is 8.87. The van der Waals surface area contributed by atoms with Gasteiger partial charge in [0.05, 0.1) is 6.42 Å². The minimum atomic E-state index is -0.304. The molecule has 0 N–H and O–H groups in total. The van der Waals surface area contributed by atoms with Crippen LogP contribution in [0.25, 0.3) is 11.5 Å². The van der Waals surface area contributed by atoms with E-state index in [4.69, 9.17) is 20.8 Å². The molecule has 5 nitrogen and oxygen atoms in total. The molecule has 0 saturated heterocycles. The van der Waals surface area contributed by atoms with Crippen LogP contribution in [-0.2, 0) is 16.1 Å². The summed E-state index contributed by atoms with van der Waals surface area (Å²) in [6.07, 6.45) is 0.298. The predicted molar refractivity (Wildman–Crippen MR) is 101 cm³/mol. The van der Waals surface area contributed by atoms with E-state index in [1.165, 1.54) is 0 Å². The number of thioether (sulfide) groups is 1. The van der Waals surface area contributed by atoms with Crippen molar-refractivity contribution in [2.75, 3.05) is 5.75 Å². The van der Waals surface area contributed by atoms with Gasteiger partial charge in [-0.05, 0) is 43.3 Å². The lowest BCUT2D eigenvalue weighted by atomic mass is 10.1. The first-order chi connectivity index (χ1) is 12.6. The van der Waals surface area contributed by atoms with E-state index in [2.05, 4.69) is 10.2 Å². The average Bonchev–Trinajstić information content (AvgIpc) is 3.11. The fourth-order valence-corrected chi connectivity index (χ4v) is 3.16. The van der Waals surface area contributed by atoms with Crippen molar-refractivity contribution in [3.8, 4) is 11.5 Å². The van der Waals surface area contributed by atoms with Crippen LogP contribution in [0.2, 0.25) is 5.02 Å². The predicted octanol–water partition coefficient (Wildman–Crippen LogP) is 4.92. The molecule has 134 valence electrons. The summed E-state index contributed by atoms with van der Waals surface area (Å²) in [5.41, 5.74) is 1.95. The topological polar surface area (TPSA) is 65.2 Å². The van der Waals surface area contributed by atoms with Crippen molar-refractivity contribution in [1.29, 1.82) is 0 Å². The van der Waals surface area contributed by atoms with Crippen LogP contribution in [0, 0.1) is 6.92 Å². The van der Waals surface area contributed by atoms with Crippen molar-refractivity contribution < 1.29 is 13.9 Å².